The number of nitrogens with one attached hydrogen (secondary N) is 1. The van der Waals surface area contributed by atoms with Crippen molar-refractivity contribution in [1.82, 2.24) is 5.32 Å². The summed E-state index contributed by atoms with van der Waals surface area (Å²) in [7, 11) is 3.75. The van der Waals surface area contributed by atoms with E-state index in [1.165, 1.54) is 11.1 Å². The Hall–Kier alpha value is -1.60. The highest BCUT2D eigenvalue weighted by Gasteiger charge is 2.16. The van der Waals surface area contributed by atoms with Crippen molar-refractivity contribution in [2.45, 2.75) is 19.8 Å². The Bertz CT molecular complexity index is 394. The minimum atomic E-state index is 0.502. The van der Waals surface area contributed by atoms with Crippen molar-refractivity contribution in [1.29, 1.82) is 0 Å². The van der Waals surface area contributed by atoms with E-state index >= 15 is 0 Å². The summed E-state index contributed by atoms with van der Waals surface area (Å²) in [5.74, 6) is 1.12. The Labute approximate surface area is 117 Å². The van der Waals surface area contributed by atoms with E-state index in [0.29, 0.717) is 11.8 Å². The number of hydrogen-bond donors (Lipinski definition) is 1. The van der Waals surface area contributed by atoms with Crippen LogP contribution in [0.2, 0.25) is 0 Å². The Morgan fingerprint density at radius 1 is 0.684 bits per heavy atom. The molecule has 0 aliphatic heterocycles. The van der Waals surface area contributed by atoms with Gasteiger partial charge in [0.2, 0.25) is 0 Å². The molecule has 0 bridgehead atoms. The third kappa shape index (κ3) is 4.88. The molecule has 0 atom stereocenters. The highest BCUT2D eigenvalue weighted by Crippen LogP contribution is 2.31. The van der Waals surface area contributed by atoms with Gasteiger partial charge in [-0.15, -0.1) is 0 Å². The van der Waals surface area contributed by atoms with Crippen LogP contribution < -0.4 is 5.32 Å². The van der Waals surface area contributed by atoms with Crippen LogP contribution in [0.1, 0.15) is 30.9 Å². The molecular formula is C18H25N. The molecule has 0 aliphatic rings. The second kappa shape index (κ2) is 8.49. The molecule has 0 unspecified atom stereocenters. The first-order valence-electron chi connectivity index (χ1n) is 6.89. The van der Waals surface area contributed by atoms with E-state index < -0.39 is 0 Å². The highest BCUT2D eigenvalue weighted by atomic mass is 14.7. The third-order valence-electron chi connectivity index (χ3n) is 2.98. The van der Waals surface area contributed by atoms with E-state index in [0.717, 1.165) is 0 Å². The summed E-state index contributed by atoms with van der Waals surface area (Å²) >= 11 is 0. The van der Waals surface area contributed by atoms with E-state index in [1.807, 2.05) is 14.1 Å². The Morgan fingerprint density at radius 2 is 1.00 bits per heavy atom. The molecule has 0 saturated carbocycles. The number of hydrogen-bond acceptors (Lipinski definition) is 1. The zero-order chi connectivity index (χ0) is 14.1. The molecule has 2 aromatic rings. The third-order valence-corrected chi connectivity index (χ3v) is 2.98. The second-order valence-electron chi connectivity index (χ2n) is 5.04. The van der Waals surface area contributed by atoms with E-state index in [-0.39, 0.29) is 0 Å². The van der Waals surface area contributed by atoms with Gasteiger partial charge in [-0.25, -0.2) is 0 Å². The SMILES string of the molecule is CC(C)C(c1ccccc1)c1ccccc1.CNC. The number of benzene rings is 2. The topological polar surface area (TPSA) is 12.0 Å². The Balaban J connectivity index is 0.000000550. The van der Waals surface area contributed by atoms with Crippen molar-refractivity contribution < 1.29 is 0 Å². The van der Waals surface area contributed by atoms with Gasteiger partial charge in [-0.1, -0.05) is 74.5 Å². The summed E-state index contributed by atoms with van der Waals surface area (Å²) in [5, 5.41) is 2.75. The first-order chi connectivity index (χ1) is 9.20. The Kier molecular flexibility index (Phi) is 6.91. The van der Waals surface area contributed by atoms with Crippen LogP contribution in [0.25, 0.3) is 0 Å². The lowest BCUT2D eigenvalue weighted by Crippen LogP contribution is -2.08. The van der Waals surface area contributed by atoms with Crippen molar-refractivity contribution >= 4 is 0 Å². The van der Waals surface area contributed by atoms with Crippen LogP contribution in [-0.4, -0.2) is 14.1 Å². The molecule has 0 heterocycles. The number of rotatable bonds is 3. The molecule has 102 valence electrons. The average Bonchev–Trinajstić information content (AvgIpc) is 2.42. The lowest BCUT2D eigenvalue weighted by atomic mass is 9.83. The van der Waals surface area contributed by atoms with Crippen molar-refractivity contribution in [2.75, 3.05) is 14.1 Å². The van der Waals surface area contributed by atoms with Gasteiger partial charge in [-0.05, 0) is 31.1 Å². The summed E-state index contributed by atoms with van der Waals surface area (Å²) in [6.45, 7) is 4.56. The molecule has 0 amide bonds. The van der Waals surface area contributed by atoms with Crippen molar-refractivity contribution in [2.24, 2.45) is 5.92 Å². The zero-order valence-corrected chi connectivity index (χ0v) is 12.4. The largest absolute Gasteiger partial charge is 0.323 e. The molecule has 0 spiro atoms. The van der Waals surface area contributed by atoms with Gasteiger partial charge in [-0.3, -0.25) is 0 Å². The van der Waals surface area contributed by atoms with Crippen LogP contribution in [0.3, 0.4) is 0 Å². The maximum atomic E-state index is 2.75. The minimum Gasteiger partial charge on any atom is -0.323 e. The van der Waals surface area contributed by atoms with Crippen molar-refractivity contribution in [3.8, 4) is 0 Å². The molecule has 19 heavy (non-hydrogen) atoms. The van der Waals surface area contributed by atoms with E-state index in [1.54, 1.807) is 0 Å². The fraction of sp³-hybridized carbons (Fsp3) is 0.333. The van der Waals surface area contributed by atoms with E-state index in [2.05, 4.69) is 79.8 Å². The maximum absolute atomic E-state index is 2.75. The molecule has 1 N–H and O–H groups in total. The monoisotopic (exact) mass is 255 g/mol. The van der Waals surface area contributed by atoms with Gasteiger partial charge in [0.25, 0.3) is 0 Å². The molecular weight excluding hydrogens is 230 g/mol. The fourth-order valence-electron chi connectivity index (χ4n) is 2.28. The molecule has 0 fully saturated rings. The lowest BCUT2D eigenvalue weighted by Gasteiger charge is -2.21. The zero-order valence-electron chi connectivity index (χ0n) is 12.4. The normalized spacial score (nSPS) is 10.2. The minimum absolute atomic E-state index is 0.502. The average molecular weight is 255 g/mol. The molecule has 0 aromatic heterocycles. The summed E-state index contributed by atoms with van der Waals surface area (Å²) in [6.07, 6.45) is 0. The van der Waals surface area contributed by atoms with E-state index in [9.17, 15) is 0 Å². The molecule has 1 heteroatoms. The smallest absolute Gasteiger partial charge is 0.0112 e. The standard InChI is InChI=1S/C16H18.C2H7N/c1-13(2)16(14-9-5-3-6-10-14)15-11-7-4-8-12-15;1-3-2/h3-13,16H,1-2H3;3H,1-2H3. The van der Waals surface area contributed by atoms with Crippen LogP contribution in [0, 0.1) is 5.92 Å². The van der Waals surface area contributed by atoms with Crippen LogP contribution >= 0.6 is 0 Å². The van der Waals surface area contributed by atoms with Gasteiger partial charge in [0.1, 0.15) is 0 Å². The molecule has 0 aliphatic carbocycles. The van der Waals surface area contributed by atoms with Gasteiger partial charge in [0.15, 0.2) is 0 Å². The molecule has 2 aromatic carbocycles. The predicted octanol–water partition coefficient (Wildman–Crippen LogP) is 4.31. The predicted molar refractivity (Wildman–Crippen MR) is 84.5 cm³/mol. The maximum Gasteiger partial charge on any atom is 0.0112 e. The Morgan fingerprint density at radius 3 is 1.26 bits per heavy atom. The van der Waals surface area contributed by atoms with Crippen molar-refractivity contribution in [3.05, 3.63) is 71.8 Å². The lowest BCUT2D eigenvalue weighted by molar-refractivity contribution is 0.564. The summed E-state index contributed by atoms with van der Waals surface area (Å²) < 4.78 is 0. The van der Waals surface area contributed by atoms with Gasteiger partial charge in [0, 0.05) is 5.92 Å². The molecule has 2 rings (SSSR count). The quantitative estimate of drug-likeness (QED) is 0.861. The van der Waals surface area contributed by atoms with Crippen LogP contribution in [-0.2, 0) is 0 Å². The van der Waals surface area contributed by atoms with Gasteiger partial charge >= 0.3 is 0 Å². The first-order valence-corrected chi connectivity index (χ1v) is 6.89. The molecule has 0 saturated heterocycles. The van der Waals surface area contributed by atoms with Crippen LogP contribution in [0.4, 0.5) is 0 Å². The van der Waals surface area contributed by atoms with E-state index in [4.69, 9.17) is 0 Å². The van der Waals surface area contributed by atoms with Crippen LogP contribution in [0.15, 0.2) is 60.7 Å². The van der Waals surface area contributed by atoms with Gasteiger partial charge in [-0.2, -0.15) is 0 Å². The fourth-order valence-corrected chi connectivity index (χ4v) is 2.28. The molecule has 0 radical (unpaired) electrons. The summed E-state index contributed by atoms with van der Waals surface area (Å²) in [4.78, 5) is 0. The second-order valence-corrected chi connectivity index (χ2v) is 5.04. The highest BCUT2D eigenvalue weighted by molar-refractivity contribution is 5.32. The van der Waals surface area contributed by atoms with Gasteiger partial charge < -0.3 is 5.32 Å². The molecule has 1 nitrogen and oxygen atoms in total. The summed E-state index contributed by atoms with van der Waals surface area (Å²) in [6, 6.07) is 21.5. The summed E-state index contributed by atoms with van der Waals surface area (Å²) in [5.41, 5.74) is 2.81. The van der Waals surface area contributed by atoms with Crippen LogP contribution in [0.5, 0.6) is 0 Å². The van der Waals surface area contributed by atoms with Crippen molar-refractivity contribution in [3.63, 3.8) is 0 Å². The van der Waals surface area contributed by atoms with Gasteiger partial charge in [0.05, 0.1) is 0 Å². The first kappa shape index (κ1) is 15.5.